The smallest absolute Gasteiger partial charge is 0.335 e. The van der Waals surface area contributed by atoms with E-state index >= 15 is 0 Å². The van der Waals surface area contributed by atoms with E-state index in [2.05, 4.69) is 5.16 Å². The van der Waals surface area contributed by atoms with Crippen LogP contribution in [0.1, 0.15) is 17.5 Å². The number of nitrogens with two attached hydrogens (primary N) is 1. The van der Waals surface area contributed by atoms with Gasteiger partial charge in [-0.1, -0.05) is 46.6 Å². The molecule has 0 amide bonds. The van der Waals surface area contributed by atoms with Crippen LogP contribution in [0.4, 0.5) is 0 Å². The first-order valence-electron chi connectivity index (χ1n) is 7.69. The number of ether oxygens (including phenoxy) is 1. The van der Waals surface area contributed by atoms with E-state index in [0.29, 0.717) is 27.1 Å². The van der Waals surface area contributed by atoms with Gasteiger partial charge in [-0.05, 0) is 29.8 Å². The van der Waals surface area contributed by atoms with Gasteiger partial charge in [-0.25, -0.2) is 4.79 Å². The van der Waals surface area contributed by atoms with E-state index < -0.39 is 5.97 Å². The van der Waals surface area contributed by atoms with Crippen molar-refractivity contribution in [2.75, 3.05) is 12.9 Å². The molecule has 0 saturated carbocycles. The molecular weight excluding hydrogens is 395 g/mol. The highest BCUT2D eigenvalue weighted by atomic mass is 35.5. The number of nitrogens with zero attached hydrogens (tertiary/aromatic N) is 1. The summed E-state index contributed by atoms with van der Waals surface area (Å²) in [4.78, 5) is 16.6. The second kappa shape index (κ2) is 10.3. The van der Waals surface area contributed by atoms with Gasteiger partial charge in [0.05, 0.1) is 23.6 Å². The standard InChI is InChI=1S/C18H18Cl2N2O3S/c1-24-14-4-2-3-13(10-14)18(21)22-25-17(23)7-8-26-11-12-5-6-15(19)16(20)9-12/h2-6,9-10H,7-8,11H2,1H3,(H2,21,22). The highest BCUT2D eigenvalue weighted by molar-refractivity contribution is 7.98. The predicted octanol–water partition coefficient (Wildman–Crippen LogP) is 4.49. The van der Waals surface area contributed by atoms with E-state index in [4.69, 9.17) is 38.5 Å². The lowest BCUT2D eigenvalue weighted by atomic mass is 10.2. The number of carbonyl (C=O) groups is 1. The van der Waals surface area contributed by atoms with Crippen molar-refractivity contribution >= 4 is 46.8 Å². The number of methoxy groups -OCH3 is 1. The highest BCUT2D eigenvalue weighted by Crippen LogP contribution is 2.24. The number of carbonyl (C=O) groups excluding carboxylic acids is 1. The van der Waals surface area contributed by atoms with Gasteiger partial charge in [0, 0.05) is 17.1 Å². The van der Waals surface area contributed by atoms with Crippen LogP contribution in [-0.2, 0) is 15.4 Å². The molecule has 5 nitrogen and oxygen atoms in total. The maximum Gasteiger partial charge on any atom is 0.335 e. The minimum absolute atomic E-state index is 0.112. The maximum atomic E-state index is 11.8. The molecule has 0 aromatic heterocycles. The third kappa shape index (κ3) is 6.44. The molecule has 0 heterocycles. The minimum Gasteiger partial charge on any atom is -0.497 e. The van der Waals surface area contributed by atoms with E-state index in [-0.39, 0.29) is 12.3 Å². The normalized spacial score (nSPS) is 11.3. The molecule has 0 fully saturated rings. The second-order valence-corrected chi connectivity index (χ2v) is 7.14. The van der Waals surface area contributed by atoms with E-state index in [9.17, 15) is 4.79 Å². The molecule has 0 atom stereocenters. The van der Waals surface area contributed by atoms with Crippen LogP contribution in [0.3, 0.4) is 0 Å². The van der Waals surface area contributed by atoms with Crippen molar-refractivity contribution in [3.8, 4) is 5.75 Å². The summed E-state index contributed by atoms with van der Waals surface area (Å²) in [5, 5.41) is 4.72. The number of halogens is 2. The van der Waals surface area contributed by atoms with E-state index in [1.807, 2.05) is 12.1 Å². The van der Waals surface area contributed by atoms with Crippen molar-refractivity contribution in [2.24, 2.45) is 10.9 Å². The Hall–Kier alpha value is -1.89. The van der Waals surface area contributed by atoms with E-state index in [1.165, 1.54) is 0 Å². The third-order valence-corrected chi connectivity index (χ3v) is 5.08. The van der Waals surface area contributed by atoms with Crippen LogP contribution in [0.15, 0.2) is 47.6 Å². The fourth-order valence-corrected chi connectivity index (χ4v) is 3.15. The van der Waals surface area contributed by atoms with Gasteiger partial charge in [0.1, 0.15) is 5.75 Å². The molecule has 2 aromatic rings. The van der Waals surface area contributed by atoms with Gasteiger partial charge in [-0.15, -0.1) is 0 Å². The summed E-state index contributed by atoms with van der Waals surface area (Å²) < 4.78 is 5.11. The Bertz CT molecular complexity index is 800. The van der Waals surface area contributed by atoms with Gasteiger partial charge in [0.25, 0.3) is 0 Å². The van der Waals surface area contributed by atoms with Crippen molar-refractivity contribution in [1.82, 2.24) is 0 Å². The Kier molecular flexibility index (Phi) is 8.09. The lowest BCUT2D eigenvalue weighted by Gasteiger charge is -2.04. The van der Waals surface area contributed by atoms with Gasteiger partial charge in [0.15, 0.2) is 5.84 Å². The first kappa shape index (κ1) is 20.4. The lowest BCUT2D eigenvalue weighted by molar-refractivity contribution is -0.143. The summed E-state index contributed by atoms with van der Waals surface area (Å²) in [6.07, 6.45) is 0.223. The third-order valence-electron chi connectivity index (χ3n) is 3.31. The largest absolute Gasteiger partial charge is 0.497 e. The SMILES string of the molecule is COc1cccc(/C(N)=N\OC(=O)CCSCc2ccc(Cl)c(Cl)c2)c1. The van der Waals surface area contributed by atoms with Crippen molar-refractivity contribution in [3.63, 3.8) is 0 Å². The number of oxime groups is 1. The number of amidine groups is 1. The molecule has 0 bridgehead atoms. The van der Waals surface area contributed by atoms with Gasteiger partial charge >= 0.3 is 5.97 Å². The fraction of sp³-hybridized carbons (Fsp3) is 0.222. The van der Waals surface area contributed by atoms with Crippen LogP contribution in [0.25, 0.3) is 0 Å². The summed E-state index contributed by atoms with van der Waals surface area (Å²) in [6.45, 7) is 0. The van der Waals surface area contributed by atoms with Crippen molar-refractivity contribution in [2.45, 2.75) is 12.2 Å². The van der Waals surface area contributed by atoms with E-state index in [0.717, 1.165) is 11.3 Å². The van der Waals surface area contributed by atoms with Gasteiger partial charge < -0.3 is 15.3 Å². The summed E-state index contributed by atoms with van der Waals surface area (Å²) in [7, 11) is 1.56. The summed E-state index contributed by atoms with van der Waals surface area (Å²) in [5.41, 5.74) is 7.47. The van der Waals surface area contributed by atoms with Crippen molar-refractivity contribution in [1.29, 1.82) is 0 Å². The summed E-state index contributed by atoms with van der Waals surface area (Å²) in [6, 6.07) is 12.5. The zero-order valence-electron chi connectivity index (χ0n) is 14.1. The van der Waals surface area contributed by atoms with Crippen LogP contribution < -0.4 is 10.5 Å². The van der Waals surface area contributed by atoms with Crippen molar-refractivity contribution in [3.05, 3.63) is 63.6 Å². The van der Waals surface area contributed by atoms with Gasteiger partial charge in [-0.3, -0.25) is 0 Å². The van der Waals surface area contributed by atoms with Crippen LogP contribution in [-0.4, -0.2) is 24.7 Å². The van der Waals surface area contributed by atoms with E-state index in [1.54, 1.807) is 49.2 Å². The second-order valence-electron chi connectivity index (χ2n) is 5.22. The molecule has 2 aromatic carbocycles. The van der Waals surface area contributed by atoms with Crippen LogP contribution in [0, 0.1) is 0 Å². The Labute approximate surface area is 166 Å². The molecule has 2 rings (SSSR count). The highest BCUT2D eigenvalue weighted by Gasteiger charge is 2.06. The topological polar surface area (TPSA) is 73.9 Å². The molecule has 138 valence electrons. The fourth-order valence-electron chi connectivity index (χ4n) is 1.96. The Balaban J connectivity index is 1.75. The molecule has 8 heteroatoms. The summed E-state index contributed by atoms with van der Waals surface area (Å²) in [5.74, 6) is 1.62. The zero-order valence-corrected chi connectivity index (χ0v) is 16.4. The van der Waals surface area contributed by atoms with Crippen LogP contribution >= 0.6 is 35.0 Å². The molecule has 0 aliphatic carbocycles. The molecule has 0 aliphatic heterocycles. The first-order chi connectivity index (χ1) is 12.5. The lowest BCUT2D eigenvalue weighted by Crippen LogP contribution is -2.15. The van der Waals surface area contributed by atoms with Crippen molar-refractivity contribution < 1.29 is 14.4 Å². The molecular formula is C18H18Cl2N2O3S. The molecule has 0 aliphatic rings. The minimum atomic E-state index is -0.447. The molecule has 2 N–H and O–H groups in total. The Morgan fingerprint density at radius 1 is 1.19 bits per heavy atom. The molecule has 0 spiro atoms. The Morgan fingerprint density at radius 2 is 2.00 bits per heavy atom. The Morgan fingerprint density at radius 3 is 2.73 bits per heavy atom. The average Bonchev–Trinajstić information content (AvgIpc) is 2.66. The number of hydrogen-bond donors (Lipinski definition) is 1. The van der Waals surface area contributed by atoms with Gasteiger partial charge in [-0.2, -0.15) is 11.8 Å². The monoisotopic (exact) mass is 412 g/mol. The first-order valence-corrected chi connectivity index (χ1v) is 9.60. The molecule has 0 saturated heterocycles. The van der Waals surface area contributed by atoms with Gasteiger partial charge in [0.2, 0.25) is 0 Å². The molecule has 0 unspecified atom stereocenters. The number of hydrogen-bond acceptors (Lipinski definition) is 5. The number of rotatable bonds is 8. The molecule has 26 heavy (non-hydrogen) atoms. The van der Waals surface area contributed by atoms with Crippen LogP contribution in [0.5, 0.6) is 5.75 Å². The molecule has 0 radical (unpaired) electrons. The predicted molar refractivity (Wildman–Crippen MR) is 107 cm³/mol. The quantitative estimate of drug-likeness (QED) is 0.227. The number of benzene rings is 2. The zero-order chi connectivity index (χ0) is 18.9. The van der Waals surface area contributed by atoms with Crippen LogP contribution in [0.2, 0.25) is 10.0 Å². The summed E-state index contributed by atoms with van der Waals surface area (Å²) >= 11 is 13.4. The number of thioether (sulfide) groups is 1. The average molecular weight is 413 g/mol. The maximum absolute atomic E-state index is 11.8.